The molecule has 0 aromatic heterocycles. The second-order valence-corrected chi connectivity index (χ2v) is 4.45. The van der Waals surface area contributed by atoms with Gasteiger partial charge in [0.1, 0.15) is 0 Å². The van der Waals surface area contributed by atoms with Crippen molar-refractivity contribution in [1.82, 2.24) is 0 Å². The first kappa shape index (κ1) is 21.8. The third kappa shape index (κ3) is 11.0. The Morgan fingerprint density at radius 3 is 2.21 bits per heavy atom. The first-order chi connectivity index (χ1) is 5.52. The van der Waals surface area contributed by atoms with Crippen LogP contribution in [0.15, 0.2) is 0 Å². The molecule has 4 nitrogen and oxygen atoms in total. The van der Waals surface area contributed by atoms with Crippen LogP contribution >= 0.6 is 0 Å². The van der Waals surface area contributed by atoms with Gasteiger partial charge in [0.05, 0.1) is 22.0 Å². The van der Waals surface area contributed by atoms with Crippen LogP contribution in [-0.2, 0) is 10.1 Å². The monoisotopic (exact) mass is 258 g/mol. The van der Waals surface area contributed by atoms with Crippen molar-refractivity contribution in [3.63, 3.8) is 0 Å². The van der Waals surface area contributed by atoms with Gasteiger partial charge in [-0.05, 0) is 6.42 Å². The molecule has 0 heterocycles. The van der Waals surface area contributed by atoms with Gasteiger partial charge in [-0.3, -0.25) is 0 Å². The largest absolute Gasteiger partial charge is 1.00 e. The smallest absolute Gasteiger partial charge is 1.00 e. The third-order valence-corrected chi connectivity index (χ3v) is 2.94. The molecule has 0 saturated heterocycles. The van der Waals surface area contributed by atoms with Gasteiger partial charge in [-0.2, -0.15) is 0 Å². The summed E-state index contributed by atoms with van der Waals surface area (Å²) in [5.41, 5.74) is 0. The van der Waals surface area contributed by atoms with Gasteiger partial charge in [-0.15, -0.1) is 0 Å². The Labute approximate surface area is 152 Å². The van der Waals surface area contributed by atoms with Crippen molar-refractivity contribution >= 4 is 10.1 Å². The van der Waals surface area contributed by atoms with E-state index >= 15 is 0 Å². The number of unbranched alkanes of at least 4 members (excludes halogenated alkanes) is 2. The van der Waals surface area contributed by atoms with Gasteiger partial charge in [0.2, 0.25) is 0 Å². The van der Waals surface area contributed by atoms with Crippen molar-refractivity contribution in [2.75, 3.05) is 6.61 Å². The molecule has 0 radical (unpaired) electrons. The molecule has 0 aliphatic heterocycles. The minimum Gasteiger partial charge on any atom is -1.00 e. The quantitative estimate of drug-likeness (QED) is 0.293. The van der Waals surface area contributed by atoms with E-state index in [2.05, 4.69) is 0 Å². The molecule has 0 spiro atoms. The normalized spacial score (nSPS) is 12.5. The van der Waals surface area contributed by atoms with Crippen molar-refractivity contribution in [2.45, 2.75) is 37.9 Å². The van der Waals surface area contributed by atoms with E-state index in [9.17, 15) is 13.0 Å². The van der Waals surface area contributed by atoms with Gasteiger partial charge in [0, 0.05) is 0 Å². The average Bonchev–Trinajstić information content (AvgIpc) is 1.95. The fourth-order valence-electron chi connectivity index (χ4n) is 0.949. The molecule has 76 valence electrons. The Hall–Kier alpha value is 2.51. The average molecular weight is 258 g/mol. The molecule has 0 fully saturated rings. The molecule has 0 saturated carbocycles. The summed E-state index contributed by atoms with van der Waals surface area (Å²) in [5.74, 6) is 0. The van der Waals surface area contributed by atoms with E-state index in [0.29, 0.717) is 6.42 Å². The molecule has 0 amide bonds. The second kappa shape index (κ2) is 12.0. The molecule has 0 aliphatic carbocycles. The molecule has 0 aromatic carbocycles. The molecular weight excluding hydrogens is 242 g/mol. The van der Waals surface area contributed by atoms with Crippen molar-refractivity contribution in [3.8, 4) is 0 Å². The van der Waals surface area contributed by atoms with Gasteiger partial charge in [-0.1, -0.05) is 26.2 Å². The van der Waals surface area contributed by atoms with Gasteiger partial charge in [-0.25, -0.2) is 8.42 Å². The molecule has 1 unspecified atom stereocenters. The molecule has 0 aliphatic rings. The Balaban J connectivity index is -0.000000202. The predicted octanol–water partition coefficient (Wildman–Crippen LogP) is -5.41. The van der Waals surface area contributed by atoms with E-state index in [1.165, 1.54) is 0 Å². The standard InChI is InChI=1S/C7H16O4S.K.Na.H/c1-2-3-4-5-7(6-8)12(9,10)11;;;/h7-8H,2-6H2,1H3,(H,9,10,11);;;/q;2*+1;-1/p-1. The summed E-state index contributed by atoms with van der Waals surface area (Å²) in [7, 11) is -4.30. The summed E-state index contributed by atoms with van der Waals surface area (Å²) in [4.78, 5) is 0. The minimum atomic E-state index is -4.30. The Kier molecular flexibility index (Phi) is 18.6. The topological polar surface area (TPSA) is 77.4 Å². The zero-order chi connectivity index (χ0) is 9.61. The number of aliphatic hydroxyl groups excluding tert-OH is 1. The fraction of sp³-hybridized carbons (Fsp3) is 1.00. The van der Waals surface area contributed by atoms with Gasteiger partial charge >= 0.3 is 80.9 Å². The Morgan fingerprint density at radius 1 is 1.43 bits per heavy atom. The van der Waals surface area contributed by atoms with Crippen LogP contribution in [0.4, 0.5) is 0 Å². The number of hydrogen-bond donors (Lipinski definition) is 1. The SMILES string of the molecule is CCCCCC(CO)S(=O)(=O)[O-].[H-].[K+].[Na+]. The zero-order valence-corrected chi connectivity index (χ0v) is 15.1. The first-order valence-electron chi connectivity index (χ1n) is 4.08. The van der Waals surface area contributed by atoms with E-state index in [4.69, 9.17) is 5.11 Å². The molecule has 7 heteroatoms. The maximum absolute atomic E-state index is 10.4. The Morgan fingerprint density at radius 2 is 1.93 bits per heavy atom. The summed E-state index contributed by atoms with van der Waals surface area (Å²) in [5, 5.41) is 7.47. The van der Waals surface area contributed by atoms with E-state index < -0.39 is 22.0 Å². The van der Waals surface area contributed by atoms with Gasteiger partial charge in [0.25, 0.3) is 0 Å². The van der Waals surface area contributed by atoms with Crippen LogP contribution in [0.3, 0.4) is 0 Å². The third-order valence-electron chi connectivity index (χ3n) is 1.74. The minimum absolute atomic E-state index is 0. The van der Waals surface area contributed by atoms with Crippen LogP contribution in [0.25, 0.3) is 0 Å². The number of aliphatic hydroxyl groups is 1. The van der Waals surface area contributed by atoms with Crippen LogP contribution in [0.2, 0.25) is 0 Å². The summed E-state index contributed by atoms with van der Waals surface area (Å²) < 4.78 is 31.3. The van der Waals surface area contributed by atoms with E-state index in [0.717, 1.165) is 12.8 Å². The van der Waals surface area contributed by atoms with Crippen LogP contribution in [0.5, 0.6) is 0 Å². The van der Waals surface area contributed by atoms with Crippen molar-refractivity contribution in [1.29, 1.82) is 0 Å². The molecule has 14 heavy (non-hydrogen) atoms. The number of rotatable bonds is 6. The first-order valence-corrected chi connectivity index (χ1v) is 5.55. The molecule has 1 atom stereocenters. The zero-order valence-electron chi connectivity index (χ0n) is 10.2. The van der Waals surface area contributed by atoms with E-state index in [-0.39, 0.29) is 88.8 Å². The van der Waals surface area contributed by atoms with Crippen LogP contribution < -0.4 is 80.9 Å². The van der Waals surface area contributed by atoms with Gasteiger partial charge < -0.3 is 11.1 Å². The molecular formula is C7H16KNaO4S. The van der Waals surface area contributed by atoms with Crippen LogP contribution in [0, 0.1) is 0 Å². The van der Waals surface area contributed by atoms with Crippen molar-refractivity contribution in [3.05, 3.63) is 0 Å². The molecule has 0 aromatic rings. The maximum Gasteiger partial charge on any atom is 1.00 e. The van der Waals surface area contributed by atoms with Crippen molar-refractivity contribution in [2.24, 2.45) is 0 Å². The maximum atomic E-state index is 10.4. The molecule has 0 rings (SSSR count). The number of hydrogen-bond acceptors (Lipinski definition) is 4. The summed E-state index contributed by atoms with van der Waals surface area (Å²) >= 11 is 0. The Bertz CT molecular complexity index is 213. The second-order valence-electron chi connectivity index (χ2n) is 2.79. The van der Waals surface area contributed by atoms with Crippen LogP contribution in [0.1, 0.15) is 34.0 Å². The summed E-state index contributed by atoms with van der Waals surface area (Å²) in [6, 6.07) is 0. The summed E-state index contributed by atoms with van der Waals surface area (Å²) in [6.07, 6.45) is 2.82. The molecule has 0 bridgehead atoms. The van der Waals surface area contributed by atoms with Crippen molar-refractivity contribution < 1.29 is 100 Å². The predicted molar refractivity (Wildman–Crippen MR) is 45.8 cm³/mol. The molecule has 1 N–H and O–H groups in total. The summed E-state index contributed by atoms with van der Waals surface area (Å²) in [6.45, 7) is 1.43. The van der Waals surface area contributed by atoms with E-state index in [1.807, 2.05) is 6.92 Å². The van der Waals surface area contributed by atoms with E-state index in [1.54, 1.807) is 0 Å². The van der Waals surface area contributed by atoms with Crippen LogP contribution in [-0.4, -0.2) is 29.9 Å². The fourth-order valence-corrected chi connectivity index (χ4v) is 1.59. The van der Waals surface area contributed by atoms with Gasteiger partial charge in [0.15, 0.2) is 0 Å².